The number of aryl methyl sites for hydroxylation is 1. The topological polar surface area (TPSA) is 46.5 Å². The van der Waals surface area contributed by atoms with Gasteiger partial charge in [0.2, 0.25) is 0 Å². The summed E-state index contributed by atoms with van der Waals surface area (Å²) in [6, 6.07) is 3.72. The van der Waals surface area contributed by atoms with E-state index in [1.165, 1.54) is 25.1 Å². The van der Waals surface area contributed by atoms with Crippen LogP contribution < -0.4 is 0 Å². The van der Waals surface area contributed by atoms with E-state index in [0.717, 1.165) is 7.11 Å². The Kier molecular flexibility index (Phi) is 5.04. The number of halogens is 4. The normalized spacial score (nSPS) is 12.9. The van der Waals surface area contributed by atoms with Crippen LogP contribution in [0.25, 0.3) is 0 Å². The van der Waals surface area contributed by atoms with E-state index in [9.17, 15) is 22.4 Å². The van der Waals surface area contributed by atoms with Gasteiger partial charge in [-0.25, -0.2) is 4.79 Å². The number of thioether (sulfide) groups is 1. The Balaban J connectivity index is 3.20. The van der Waals surface area contributed by atoms with Crippen molar-refractivity contribution in [3.63, 3.8) is 0 Å². The number of esters is 1. The van der Waals surface area contributed by atoms with Gasteiger partial charge in [-0.05, 0) is 30.7 Å². The molecule has 110 valence electrons. The minimum atomic E-state index is -5.16. The Labute approximate surface area is 116 Å². The smallest absolute Gasteiger partial charge is 0.426 e. The molecule has 0 aromatic heterocycles. The zero-order valence-corrected chi connectivity index (χ0v) is 11.2. The van der Waals surface area contributed by atoms with E-state index in [4.69, 9.17) is 5.11 Å². The van der Waals surface area contributed by atoms with Crippen molar-refractivity contribution in [2.45, 2.75) is 18.0 Å². The van der Waals surface area contributed by atoms with Crippen molar-refractivity contribution in [1.82, 2.24) is 0 Å². The molecule has 0 atom stereocenters. The largest absolute Gasteiger partial charge is 0.508 e. The van der Waals surface area contributed by atoms with Crippen LogP contribution in [0.1, 0.15) is 5.56 Å². The van der Waals surface area contributed by atoms with E-state index in [0.29, 0.717) is 5.56 Å². The van der Waals surface area contributed by atoms with E-state index in [1.807, 2.05) is 0 Å². The second-order valence-electron chi connectivity index (χ2n) is 3.69. The minimum Gasteiger partial charge on any atom is -0.508 e. The summed E-state index contributed by atoms with van der Waals surface area (Å²) in [6.07, 6.45) is -5.16. The summed E-state index contributed by atoms with van der Waals surface area (Å²) in [5.41, 5.74) is -1.62. The molecule has 0 aliphatic rings. The number of methoxy groups -OCH3 is 1. The van der Waals surface area contributed by atoms with Crippen LogP contribution in [0.15, 0.2) is 33.8 Å². The van der Waals surface area contributed by atoms with Gasteiger partial charge in [-0.3, -0.25) is 0 Å². The molecule has 0 saturated carbocycles. The Morgan fingerprint density at radius 2 is 1.95 bits per heavy atom. The molecule has 0 radical (unpaired) electrons. The maximum Gasteiger partial charge on any atom is 0.426 e. The number of hydrogen-bond donors (Lipinski definition) is 1. The van der Waals surface area contributed by atoms with Gasteiger partial charge in [0.1, 0.15) is 5.75 Å². The SMILES string of the molecule is COC(=O)/C(=C(/F)Sc1ccc(O)cc1C)C(F)(F)F. The number of carbonyl (C=O) groups is 1. The lowest BCUT2D eigenvalue weighted by atomic mass is 10.2. The Morgan fingerprint density at radius 1 is 1.35 bits per heavy atom. The van der Waals surface area contributed by atoms with Gasteiger partial charge in [0.15, 0.2) is 10.7 Å². The van der Waals surface area contributed by atoms with Crippen LogP contribution in [-0.2, 0) is 9.53 Å². The fourth-order valence-corrected chi connectivity index (χ4v) is 2.16. The van der Waals surface area contributed by atoms with Gasteiger partial charge in [-0.15, -0.1) is 0 Å². The lowest BCUT2D eigenvalue weighted by molar-refractivity contribution is -0.148. The molecule has 0 heterocycles. The highest BCUT2D eigenvalue weighted by Crippen LogP contribution is 2.39. The molecule has 0 bridgehead atoms. The number of aromatic hydroxyl groups is 1. The predicted octanol–water partition coefficient (Wildman–Crippen LogP) is 3.71. The first kappa shape index (κ1) is 16.4. The average molecular weight is 310 g/mol. The van der Waals surface area contributed by atoms with Crippen LogP contribution in [0.5, 0.6) is 5.75 Å². The van der Waals surface area contributed by atoms with Crippen LogP contribution in [0.4, 0.5) is 17.6 Å². The average Bonchev–Trinajstić information content (AvgIpc) is 2.31. The van der Waals surface area contributed by atoms with Gasteiger partial charge >= 0.3 is 12.1 Å². The summed E-state index contributed by atoms with van der Waals surface area (Å²) in [5.74, 6) is -1.89. The molecule has 1 aromatic rings. The number of benzene rings is 1. The molecule has 8 heteroatoms. The van der Waals surface area contributed by atoms with Gasteiger partial charge in [-0.1, -0.05) is 11.8 Å². The number of alkyl halides is 3. The molecule has 0 aliphatic carbocycles. The van der Waals surface area contributed by atoms with E-state index >= 15 is 0 Å². The summed E-state index contributed by atoms with van der Waals surface area (Å²) in [7, 11) is 0.734. The number of ether oxygens (including phenoxy) is 1. The van der Waals surface area contributed by atoms with Crippen LogP contribution in [0, 0.1) is 6.92 Å². The van der Waals surface area contributed by atoms with Crippen LogP contribution >= 0.6 is 11.8 Å². The number of hydrogen-bond acceptors (Lipinski definition) is 4. The standard InChI is InChI=1S/C12H10F4O3S/c1-6-5-7(17)3-4-8(6)20-10(13)9(11(18)19-2)12(14,15)16/h3-5,17H,1-2H3/b10-9+. The second kappa shape index (κ2) is 6.17. The maximum absolute atomic E-state index is 13.7. The van der Waals surface area contributed by atoms with E-state index < -0.39 is 22.9 Å². The molecule has 0 unspecified atom stereocenters. The molecular weight excluding hydrogens is 300 g/mol. The maximum atomic E-state index is 13.7. The first-order chi connectivity index (χ1) is 9.16. The highest BCUT2D eigenvalue weighted by molar-refractivity contribution is 8.03. The number of phenolic OH excluding ortho intramolecular Hbond substituents is 1. The first-order valence-electron chi connectivity index (χ1n) is 5.19. The molecule has 3 nitrogen and oxygen atoms in total. The van der Waals surface area contributed by atoms with Gasteiger partial charge in [-0.2, -0.15) is 17.6 Å². The molecule has 1 aromatic carbocycles. The van der Waals surface area contributed by atoms with Crippen molar-refractivity contribution in [3.05, 3.63) is 34.5 Å². The van der Waals surface area contributed by atoms with Crippen molar-refractivity contribution in [2.24, 2.45) is 0 Å². The molecule has 20 heavy (non-hydrogen) atoms. The fourth-order valence-electron chi connectivity index (χ4n) is 1.31. The van der Waals surface area contributed by atoms with Gasteiger partial charge in [0, 0.05) is 4.90 Å². The van der Waals surface area contributed by atoms with E-state index in [1.54, 1.807) is 0 Å². The molecule has 0 aliphatic heterocycles. The molecule has 1 rings (SSSR count). The van der Waals surface area contributed by atoms with E-state index in [-0.39, 0.29) is 22.4 Å². The lowest BCUT2D eigenvalue weighted by Gasteiger charge is -2.11. The fraction of sp³-hybridized carbons (Fsp3) is 0.250. The number of phenols is 1. The minimum absolute atomic E-state index is 0.0970. The van der Waals surface area contributed by atoms with Crippen molar-refractivity contribution in [3.8, 4) is 5.75 Å². The highest BCUT2D eigenvalue weighted by Gasteiger charge is 2.43. The van der Waals surface area contributed by atoms with E-state index in [2.05, 4.69) is 4.74 Å². The van der Waals surface area contributed by atoms with Gasteiger partial charge in [0.05, 0.1) is 7.11 Å². The molecule has 1 N–H and O–H groups in total. The number of rotatable bonds is 3. The van der Waals surface area contributed by atoms with Gasteiger partial charge < -0.3 is 9.84 Å². The monoisotopic (exact) mass is 310 g/mol. The molecule has 0 spiro atoms. The van der Waals surface area contributed by atoms with Crippen molar-refractivity contribution in [1.29, 1.82) is 0 Å². The van der Waals surface area contributed by atoms with Crippen molar-refractivity contribution in [2.75, 3.05) is 7.11 Å². The predicted molar refractivity (Wildman–Crippen MR) is 64.9 cm³/mol. The Bertz CT molecular complexity index is 552. The third-order valence-corrected chi connectivity index (χ3v) is 3.29. The number of carbonyl (C=O) groups excluding carboxylic acids is 1. The van der Waals surface area contributed by atoms with Gasteiger partial charge in [0.25, 0.3) is 0 Å². The Hall–Kier alpha value is -1.70. The summed E-state index contributed by atoms with van der Waals surface area (Å²) in [4.78, 5) is 11.2. The zero-order valence-electron chi connectivity index (χ0n) is 10.4. The third-order valence-electron chi connectivity index (χ3n) is 2.23. The van der Waals surface area contributed by atoms with Crippen molar-refractivity contribution < 1.29 is 32.2 Å². The first-order valence-corrected chi connectivity index (χ1v) is 6.01. The lowest BCUT2D eigenvalue weighted by Crippen LogP contribution is -2.22. The highest BCUT2D eigenvalue weighted by atomic mass is 32.2. The summed E-state index contributed by atoms with van der Waals surface area (Å²) < 4.78 is 55.5. The zero-order chi connectivity index (χ0) is 15.5. The second-order valence-corrected chi connectivity index (χ2v) is 4.69. The quantitative estimate of drug-likeness (QED) is 0.400. The molecule has 0 fully saturated rings. The van der Waals surface area contributed by atoms with Crippen LogP contribution in [0.3, 0.4) is 0 Å². The third kappa shape index (κ3) is 3.89. The summed E-state index contributed by atoms with van der Waals surface area (Å²) >= 11 is 0.139. The summed E-state index contributed by atoms with van der Waals surface area (Å²) in [5, 5.41) is 7.46. The van der Waals surface area contributed by atoms with Crippen LogP contribution in [0.2, 0.25) is 0 Å². The Morgan fingerprint density at radius 3 is 2.40 bits per heavy atom. The summed E-state index contributed by atoms with van der Waals surface area (Å²) in [6.45, 7) is 1.49. The van der Waals surface area contributed by atoms with Crippen LogP contribution in [-0.4, -0.2) is 24.4 Å². The molecule has 0 amide bonds. The molecule has 0 saturated heterocycles. The van der Waals surface area contributed by atoms with Crippen molar-refractivity contribution >= 4 is 17.7 Å². The molecular formula is C12H10F4O3S.